The van der Waals surface area contributed by atoms with E-state index < -0.39 is 0 Å². The molecule has 1 aromatic rings. The van der Waals surface area contributed by atoms with Crippen molar-refractivity contribution in [2.24, 2.45) is 0 Å². The second kappa shape index (κ2) is 3.30. The molecule has 0 aliphatic heterocycles. The maximum atomic E-state index is 11.3. The quantitative estimate of drug-likeness (QED) is 0.690. The maximum Gasteiger partial charge on any atom is 0.257 e. The summed E-state index contributed by atoms with van der Waals surface area (Å²) in [6, 6.07) is 0. The smallest absolute Gasteiger partial charge is 0.257 e. The number of aryl methyl sites for hydroxylation is 1. The van der Waals surface area contributed by atoms with Crippen LogP contribution in [0, 0.1) is 6.92 Å². The number of furan rings is 1. The Morgan fingerprint density at radius 2 is 2.42 bits per heavy atom. The van der Waals surface area contributed by atoms with Crippen molar-refractivity contribution < 1.29 is 9.21 Å². The zero-order valence-corrected chi connectivity index (χ0v) is 7.18. The summed E-state index contributed by atoms with van der Waals surface area (Å²) in [6.45, 7) is 4.22. The number of carbonyl (C=O) groups is 1. The van der Waals surface area contributed by atoms with E-state index >= 15 is 0 Å². The molecule has 1 rings (SSSR count). The molecule has 3 N–H and O–H groups in total. The van der Waals surface area contributed by atoms with Crippen LogP contribution < -0.4 is 11.1 Å². The van der Waals surface area contributed by atoms with Crippen molar-refractivity contribution in [3.05, 3.63) is 17.4 Å². The predicted molar refractivity (Wildman–Crippen MR) is 45.9 cm³/mol. The first-order chi connectivity index (χ1) is 5.66. The zero-order chi connectivity index (χ0) is 9.14. The fraction of sp³-hybridized carbons (Fsp3) is 0.375. The van der Waals surface area contributed by atoms with Crippen molar-refractivity contribution in [3.8, 4) is 0 Å². The third-order valence-corrected chi connectivity index (χ3v) is 1.57. The Labute approximate surface area is 70.7 Å². The number of rotatable bonds is 2. The average molecular weight is 168 g/mol. The lowest BCUT2D eigenvalue weighted by atomic mass is 10.2. The van der Waals surface area contributed by atoms with Gasteiger partial charge in [-0.05, 0) is 13.8 Å². The van der Waals surface area contributed by atoms with Crippen LogP contribution in [-0.4, -0.2) is 12.5 Å². The molecule has 1 amide bonds. The molecule has 0 saturated heterocycles. The number of anilines is 1. The number of hydrogen-bond donors (Lipinski definition) is 2. The van der Waals surface area contributed by atoms with Gasteiger partial charge in [-0.15, -0.1) is 0 Å². The molecule has 0 saturated carbocycles. The Bertz CT molecular complexity index is 272. The summed E-state index contributed by atoms with van der Waals surface area (Å²) in [4.78, 5) is 11.3. The van der Waals surface area contributed by atoms with E-state index in [1.807, 2.05) is 6.92 Å². The molecule has 0 aromatic carbocycles. The predicted octanol–water partition coefficient (Wildman–Crippen LogP) is 0.920. The van der Waals surface area contributed by atoms with Crippen LogP contribution in [-0.2, 0) is 0 Å². The molecule has 0 aliphatic rings. The summed E-state index contributed by atoms with van der Waals surface area (Å²) in [5.74, 6) is -0.000278. The SMILES string of the molecule is CCNC(=O)c1c(C)coc1N. The molecule has 12 heavy (non-hydrogen) atoms. The molecule has 66 valence electrons. The molecule has 1 heterocycles. The first-order valence-electron chi connectivity index (χ1n) is 3.78. The summed E-state index contributed by atoms with van der Waals surface area (Å²) in [7, 11) is 0. The van der Waals surface area contributed by atoms with Crippen molar-refractivity contribution in [2.45, 2.75) is 13.8 Å². The average Bonchev–Trinajstić information content (AvgIpc) is 2.32. The van der Waals surface area contributed by atoms with Gasteiger partial charge in [-0.25, -0.2) is 0 Å². The first-order valence-corrected chi connectivity index (χ1v) is 3.78. The van der Waals surface area contributed by atoms with Gasteiger partial charge in [0.2, 0.25) is 5.88 Å². The largest absolute Gasteiger partial charge is 0.448 e. The van der Waals surface area contributed by atoms with Crippen LogP contribution in [0.1, 0.15) is 22.8 Å². The van der Waals surface area contributed by atoms with Gasteiger partial charge in [0.05, 0.1) is 6.26 Å². The Morgan fingerprint density at radius 1 is 1.75 bits per heavy atom. The minimum Gasteiger partial charge on any atom is -0.448 e. The Morgan fingerprint density at radius 3 is 2.83 bits per heavy atom. The first kappa shape index (κ1) is 8.64. The third kappa shape index (κ3) is 1.42. The van der Waals surface area contributed by atoms with Gasteiger partial charge in [0.25, 0.3) is 5.91 Å². The van der Waals surface area contributed by atoms with Crippen molar-refractivity contribution >= 4 is 11.8 Å². The van der Waals surface area contributed by atoms with Crippen LogP contribution in [0.2, 0.25) is 0 Å². The van der Waals surface area contributed by atoms with Crippen molar-refractivity contribution in [2.75, 3.05) is 12.3 Å². The molecule has 0 unspecified atom stereocenters. The van der Waals surface area contributed by atoms with Crippen LogP contribution in [0.5, 0.6) is 0 Å². The lowest BCUT2D eigenvalue weighted by Gasteiger charge is -2.00. The molecule has 1 aromatic heterocycles. The monoisotopic (exact) mass is 168 g/mol. The minimum absolute atomic E-state index is 0.179. The Balaban J connectivity index is 2.93. The summed E-state index contributed by atoms with van der Waals surface area (Å²) < 4.78 is 4.88. The van der Waals surface area contributed by atoms with E-state index in [-0.39, 0.29) is 11.8 Å². The van der Waals surface area contributed by atoms with Crippen molar-refractivity contribution in [3.63, 3.8) is 0 Å². The highest BCUT2D eigenvalue weighted by molar-refractivity contribution is 5.99. The second-order valence-electron chi connectivity index (χ2n) is 2.52. The molecule has 0 aliphatic carbocycles. The molecule has 4 nitrogen and oxygen atoms in total. The lowest BCUT2D eigenvalue weighted by Crippen LogP contribution is -2.23. The second-order valence-corrected chi connectivity index (χ2v) is 2.52. The minimum atomic E-state index is -0.179. The molecular weight excluding hydrogens is 156 g/mol. The standard InChI is InChI=1S/C8H12N2O2/c1-3-10-8(11)6-5(2)4-12-7(6)9/h4H,3,9H2,1-2H3,(H,10,11). The van der Waals surface area contributed by atoms with E-state index in [9.17, 15) is 4.79 Å². The topological polar surface area (TPSA) is 68.3 Å². The highest BCUT2D eigenvalue weighted by atomic mass is 16.3. The molecule has 4 heteroatoms. The van der Waals surface area contributed by atoms with E-state index in [0.717, 1.165) is 5.56 Å². The number of nitrogen functional groups attached to an aromatic ring is 1. The molecular formula is C8H12N2O2. The van der Waals surface area contributed by atoms with E-state index in [4.69, 9.17) is 10.2 Å². The third-order valence-electron chi connectivity index (χ3n) is 1.57. The van der Waals surface area contributed by atoms with E-state index in [2.05, 4.69) is 5.32 Å². The van der Waals surface area contributed by atoms with E-state index in [1.54, 1.807) is 6.92 Å². The van der Waals surface area contributed by atoms with Gasteiger partial charge in [-0.1, -0.05) is 0 Å². The van der Waals surface area contributed by atoms with Gasteiger partial charge in [0, 0.05) is 12.1 Å². The number of amides is 1. The number of nitrogens with two attached hydrogens (primary N) is 1. The maximum absolute atomic E-state index is 11.3. The van der Waals surface area contributed by atoms with Gasteiger partial charge in [-0.2, -0.15) is 0 Å². The molecule has 0 radical (unpaired) electrons. The van der Waals surface area contributed by atoms with Gasteiger partial charge in [0.1, 0.15) is 5.56 Å². The van der Waals surface area contributed by atoms with Gasteiger partial charge < -0.3 is 15.5 Å². The highest BCUT2D eigenvalue weighted by Crippen LogP contribution is 2.17. The lowest BCUT2D eigenvalue weighted by molar-refractivity contribution is 0.0956. The number of nitrogens with one attached hydrogen (secondary N) is 1. The van der Waals surface area contributed by atoms with E-state index in [1.165, 1.54) is 6.26 Å². The fourth-order valence-electron chi connectivity index (χ4n) is 1.00. The molecule has 0 atom stereocenters. The number of carbonyl (C=O) groups excluding carboxylic acids is 1. The van der Waals surface area contributed by atoms with Gasteiger partial charge >= 0.3 is 0 Å². The summed E-state index contributed by atoms with van der Waals surface area (Å²) in [5.41, 5.74) is 6.65. The molecule has 0 bridgehead atoms. The van der Waals surface area contributed by atoms with E-state index in [0.29, 0.717) is 12.1 Å². The molecule has 0 fully saturated rings. The van der Waals surface area contributed by atoms with Crippen molar-refractivity contribution in [1.82, 2.24) is 5.32 Å². The Kier molecular flexibility index (Phi) is 2.38. The van der Waals surface area contributed by atoms with Crippen LogP contribution in [0.3, 0.4) is 0 Å². The normalized spacial score (nSPS) is 9.83. The van der Waals surface area contributed by atoms with Crippen molar-refractivity contribution in [1.29, 1.82) is 0 Å². The summed E-state index contributed by atoms with van der Waals surface area (Å²) in [5, 5.41) is 2.65. The van der Waals surface area contributed by atoms with Gasteiger partial charge in [0.15, 0.2) is 0 Å². The van der Waals surface area contributed by atoms with Crippen LogP contribution in [0.15, 0.2) is 10.7 Å². The molecule has 0 spiro atoms. The van der Waals surface area contributed by atoms with Crippen LogP contribution in [0.25, 0.3) is 0 Å². The number of hydrogen-bond acceptors (Lipinski definition) is 3. The Hall–Kier alpha value is -1.45. The van der Waals surface area contributed by atoms with Gasteiger partial charge in [-0.3, -0.25) is 4.79 Å². The fourth-order valence-corrected chi connectivity index (χ4v) is 1.00. The van der Waals surface area contributed by atoms with Crippen LogP contribution >= 0.6 is 0 Å². The highest BCUT2D eigenvalue weighted by Gasteiger charge is 2.14. The van der Waals surface area contributed by atoms with Crippen LogP contribution in [0.4, 0.5) is 5.88 Å². The summed E-state index contributed by atoms with van der Waals surface area (Å²) in [6.07, 6.45) is 1.47. The zero-order valence-electron chi connectivity index (χ0n) is 7.18. The summed E-state index contributed by atoms with van der Waals surface area (Å²) >= 11 is 0.